The highest BCUT2D eigenvalue weighted by molar-refractivity contribution is 7.79. The van der Waals surface area contributed by atoms with E-state index in [1.165, 1.54) is 50.5 Å². The van der Waals surface area contributed by atoms with Gasteiger partial charge in [-0.2, -0.15) is 12.6 Å². The molecule has 0 saturated carbocycles. The van der Waals surface area contributed by atoms with E-state index in [9.17, 15) is 4.79 Å². The Morgan fingerprint density at radius 2 is 1.17 bits per heavy atom. The molecule has 1 aromatic carbocycles. The fourth-order valence-corrected chi connectivity index (χ4v) is 5.38. The first kappa shape index (κ1) is 41.8. The second-order valence-electron chi connectivity index (χ2n) is 11.7. The van der Waals surface area contributed by atoms with Gasteiger partial charge in [0.25, 0.3) is 5.91 Å². The molecular weight excluding hydrogens is 526 g/mol. The topological polar surface area (TPSA) is 38.8 Å². The standard InChI is InChI=1S/C33H59NO3.C2H6.CH4S/c1-11-30-29(10)32(37-23-31(35)34(12-2)13-3)27(8)28(9)33(30)36-22-16-21-26(7)20-15-19-25(6)18-14-17-24(4)5;2*1-2/h24-26H,11-23H2,1-10H3;1-2H3;2H,1H3/t25-,26-;;/m1../s1. The second-order valence-corrected chi connectivity index (χ2v) is 11.7. The highest BCUT2D eigenvalue weighted by Gasteiger charge is 2.20. The van der Waals surface area contributed by atoms with Crippen molar-refractivity contribution < 1.29 is 14.3 Å². The van der Waals surface area contributed by atoms with Gasteiger partial charge >= 0.3 is 0 Å². The van der Waals surface area contributed by atoms with Crippen LogP contribution in [0.5, 0.6) is 11.5 Å². The molecule has 0 bridgehead atoms. The zero-order valence-corrected chi connectivity index (χ0v) is 30.4. The summed E-state index contributed by atoms with van der Waals surface area (Å²) >= 11 is 3.53. The lowest BCUT2D eigenvalue weighted by Crippen LogP contribution is -2.34. The van der Waals surface area contributed by atoms with Crippen molar-refractivity contribution in [3.8, 4) is 11.5 Å². The summed E-state index contributed by atoms with van der Waals surface area (Å²) in [4.78, 5) is 14.3. The predicted octanol–water partition coefficient (Wildman–Crippen LogP) is 10.4. The Hall–Kier alpha value is -1.36. The zero-order valence-electron chi connectivity index (χ0n) is 29.5. The summed E-state index contributed by atoms with van der Waals surface area (Å²) in [6.45, 7) is 28.2. The Morgan fingerprint density at radius 1 is 0.707 bits per heavy atom. The summed E-state index contributed by atoms with van der Waals surface area (Å²) in [6.07, 6.45) is 13.0. The molecule has 4 nitrogen and oxygen atoms in total. The monoisotopic (exact) mass is 595 g/mol. The largest absolute Gasteiger partial charge is 0.493 e. The second kappa shape index (κ2) is 25.2. The van der Waals surface area contributed by atoms with E-state index in [1.807, 2.05) is 32.6 Å². The number of likely N-dealkylation sites (N-methyl/N-ethyl adjacent to an activating group) is 1. The molecular formula is C36H69NO3S. The fraction of sp³-hybridized carbons (Fsp3) is 0.806. The number of carbonyl (C=O) groups is 1. The third kappa shape index (κ3) is 16.2. The van der Waals surface area contributed by atoms with Gasteiger partial charge in [0, 0.05) is 18.7 Å². The van der Waals surface area contributed by atoms with Crippen molar-refractivity contribution in [2.75, 3.05) is 32.6 Å². The van der Waals surface area contributed by atoms with E-state index < -0.39 is 0 Å². The van der Waals surface area contributed by atoms with Gasteiger partial charge < -0.3 is 14.4 Å². The Balaban J connectivity index is 0. The molecule has 5 heteroatoms. The van der Waals surface area contributed by atoms with Gasteiger partial charge in [-0.1, -0.05) is 87.0 Å². The Kier molecular flexibility index (Phi) is 25.6. The van der Waals surface area contributed by atoms with E-state index in [0.29, 0.717) is 13.1 Å². The molecule has 0 spiro atoms. The van der Waals surface area contributed by atoms with Crippen molar-refractivity contribution in [1.29, 1.82) is 0 Å². The highest BCUT2D eigenvalue weighted by atomic mass is 32.1. The smallest absolute Gasteiger partial charge is 0.260 e. The number of benzene rings is 1. The normalized spacial score (nSPS) is 12.1. The van der Waals surface area contributed by atoms with Crippen molar-refractivity contribution in [3.63, 3.8) is 0 Å². The van der Waals surface area contributed by atoms with Crippen LogP contribution in [0.4, 0.5) is 0 Å². The van der Waals surface area contributed by atoms with E-state index in [1.54, 1.807) is 6.26 Å². The molecule has 0 aliphatic rings. The first-order valence-electron chi connectivity index (χ1n) is 16.7. The molecule has 0 radical (unpaired) electrons. The van der Waals surface area contributed by atoms with Gasteiger partial charge in [-0.15, -0.1) is 0 Å². The number of hydrogen-bond donors (Lipinski definition) is 1. The van der Waals surface area contributed by atoms with E-state index in [4.69, 9.17) is 9.47 Å². The van der Waals surface area contributed by atoms with Crippen molar-refractivity contribution in [3.05, 3.63) is 22.3 Å². The summed E-state index contributed by atoms with van der Waals surface area (Å²) in [5, 5.41) is 0. The van der Waals surface area contributed by atoms with Crippen LogP contribution < -0.4 is 9.47 Å². The summed E-state index contributed by atoms with van der Waals surface area (Å²) in [5.74, 6) is 4.34. The molecule has 2 atom stereocenters. The van der Waals surface area contributed by atoms with Crippen LogP contribution in [-0.2, 0) is 11.2 Å². The van der Waals surface area contributed by atoms with Crippen molar-refractivity contribution in [2.45, 2.75) is 141 Å². The van der Waals surface area contributed by atoms with Crippen molar-refractivity contribution in [1.82, 2.24) is 4.90 Å². The van der Waals surface area contributed by atoms with Crippen LogP contribution in [0.1, 0.15) is 136 Å². The van der Waals surface area contributed by atoms with Crippen LogP contribution in [-0.4, -0.2) is 43.4 Å². The van der Waals surface area contributed by atoms with Crippen molar-refractivity contribution in [2.24, 2.45) is 17.8 Å². The lowest BCUT2D eigenvalue weighted by molar-refractivity contribution is -0.132. The average Bonchev–Trinajstić information content (AvgIpc) is 2.96. The molecule has 0 fully saturated rings. The first-order chi connectivity index (χ1) is 19.6. The number of hydrogen-bond acceptors (Lipinski definition) is 4. The Morgan fingerprint density at radius 3 is 1.63 bits per heavy atom. The molecule has 0 aliphatic carbocycles. The Bertz CT molecular complexity index is 805. The van der Waals surface area contributed by atoms with Crippen LogP contribution in [0.2, 0.25) is 0 Å². The molecule has 242 valence electrons. The van der Waals surface area contributed by atoms with Gasteiger partial charge in [-0.25, -0.2) is 0 Å². The number of rotatable bonds is 19. The molecule has 0 heterocycles. The van der Waals surface area contributed by atoms with E-state index >= 15 is 0 Å². The van der Waals surface area contributed by atoms with E-state index in [0.717, 1.165) is 65.4 Å². The van der Waals surface area contributed by atoms with Crippen LogP contribution in [0.3, 0.4) is 0 Å². The summed E-state index contributed by atoms with van der Waals surface area (Å²) in [6, 6.07) is 0. The van der Waals surface area contributed by atoms with Crippen LogP contribution in [0.25, 0.3) is 0 Å². The lowest BCUT2D eigenvalue weighted by Gasteiger charge is -2.24. The zero-order chi connectivity index (χ0) is 32.0. The van der Waals surface area contributed by atoms with Gasteiger partial charge in [0.05, 0.1) is 6.61 Å². The van der Waals surface area contributed by atoms with Crippen molar-refractivity contribution >= 4 is 18.5 Å². The van der Waals surface area contributed by atoms with Gasteiger partial charge in [-0.05, 0) is 94.6 Å². The van der Waals surface area contributed by atoms with Crippen LogP contribution in [0.15, 0.2) is 0 Å². The minimum Gasteiger partial charge on any atom is -0.493 e. The lowest BCUT2D eigenvalue weighted by atomic mass is 9.92. The number of thiol groups is 1. The van der Waals surface area contributed by atoms with Gasteiger partial charge in [0.2, 0.25) is 0 Å². The third-order valence-electron chi connectivity index (χ3n) is 8.08. The molecule has 0 unspecified atom stereocenters. The molecule has 0 N–H and O–H groups in total. The maximum Gasteiger partial charge on any atom is 0.260 e. The molecule has 0 aromatic heterocycles. The quantitative estimate of drug-likeness (QED) is 0.128. The van der Waals surface area contributed by atoms with Gasteiger partial charge in [-0.3, -0.25) is 4.79 Å². The van der Waals surface area contributed by atoms with Crippen LogP contribution in [0, 0.1) is 38.5 Å². The molecule has 0 saturated heterocycles. The molecule has 41 heavy (non-hydrogen) atoms. The summed E-state index contributed by atoms with van der Waals surface area (Å²) in [7, 11) is 0. The first-order valence-corrected chi connectivity index (χ1v) is 17.6. The summed E-state index contributed by atoms with van der Waals surface area (Å²) < 4.78 is 12.5. The fourth-order valence-electron chi connectivity index (χ4n) is 5.38. The number of amides is 1. The maximum absolute atomic E-state index is 12.5. The predicted molar refractivity (Wildman–Crippen MR) is 185 cm³/mol. The van der Waals surface area contributed by atoms with E-state index in [-0.39, 0.29) is 12.5 Å². The molecule has 1 aromatic rings. The number of carbonyl (C=O) groups excluding carboxylic acids is 1. The Labute approximate surface area is 262 Å². The van der Waals surface area contributed by atoms with Crippen LogP contribution >= 0.6 is 12.6 Å². The number of ether oxygens (including phenoxy) is 2. The minimum atomic E-state index is 0.0366. The van der Waals surface area contributed by atoms with E-state index in [2.05, 4.69) is 68.0 Å². The third-order valence-corrected chi connectivity index (χ3v) is 8.08. The molecule has 0 aliphatic heterocycles. The van der Waals surface area contributed by atoms with Gasteiger partial charge in [0.1, 0.15) is 11.5 Å². The average molecular weight is 596 g/mol. The maximum atomic E-state index is 12.5. The SMILES string of the molecule is CC.CCc1c(C)c(OCC(=O)N(CC)CC)c(C)c(C)c1OCCC[C@H](C)CCC[C@H](C)CCCC(C)C.CS. The highest BCUT2D eigenvalue weighted by Crippen LogP contribution is 2.38. The molecule has 1 rings (SSSR count). The van der Waals surface area contributed by atoms with Gasteiger partial charge in [0.15, 0.2) is 6.61 Å². The minimum absolute atomic E-state index is 0.0366. The number of nitrogens with zero attached hydrogens (tertiary/aromatic N) is 1. The molecule has 1 amide bonds. The summed E-state index contributed by atoms with van der Waals surface area (Å²) in [5.41, 5.74) is 4.51.